The molecule has 1 fully saturated rings. The monoisotopic (exact) mass is 400 g/mol. The predicted octanol–water partition coefficient (Wildman–Crippen LogP) is 2.76. The summed E-state index contributed by atoms with van der Waals surface area (Å²) in [6.45, 7) is 1.29. The second kappa shape index (κ2) is 9.52. The van der Waals surface area contributed by atoms with Crippen molar-refractivity contribution in [1.29, 1.82) is 0 Å². The Morgan fingerprint density at radius 2 is 1.97 bits per heavy atom. The summed E-state index contributed by atoms with van der Waals surface area (Å²) in [5.74, 6) is -0.603. The van der Waals surface area contributed by atoms with E-state index in [1.165, 1.54) is 12.1 Å². The Labute approximate surface area is 169 Å². The molecule has 1 heterocycles. The van der Waals surface area contributed by atoms with Gasteiger partial charge in [0.2, 0.25) is 5.91 Å². The van der Waals surface area contributed by atoms with E-state index in [4.69, 9.17) is 15.2 Å². The summed E-state index contributed by atoms with van der Waals surface area (Å²) >= 11 is 0. The molecule has 2 N–H and O–H groups in total. The molecule has 29 heavy (non-hydrogen) atoms. The van der Waals surface area contributed by atoms with E-state index in [1.807, 2.05) is 18.2 Å². The zero-order valence-corrected chi connectivity index (χ0v) is 16.3. The Balaban J connectivity index is 1.71. The highest BCUT2D eigenvalue weighted by Crippen LogP contribution is 2.27. The maximum absolute atomic E-state index is 13.1. The van der Waals surface area contributed by atoms with Gasteiger partial charge in [0.05, 0.1) is 6.61 Å². The van der Waals surface area contributed by atoms with Crippen molar-refractivity contribution in [3.8, 4) is 5.75 Å². The van der Waals surface area contributed by atoms with Crippen LogP contribution in [0.3, 0.4) is 0 Å². The highest BCUT2D eigenvalue weighted by atomic mass is 19.1. The molecule has 6 nitrogen and oxygen atoms in total. The maximum atomic E-state index is 13.1. The van der Waals surface area contributed by atoms with Crippen molar-refractivity contribution in [3.63, 3.8) is 0 Å². The maximum Gasteiger partial charge on any atom is 0.253 e. The molecule has 1 saturated heterocycles. The van der Waals surface area contributed by atoms with E-state index in [0.717, 1.165) is 5.56 Å². The lowest BCUT2D eigenvalue weighted by molar-refractivity contribution is -0.120. The molecule has 1 aliphatic rings. The number of benzene rings is 2. The molecule has 0 bridgehead atoms. The fraction of sp³-hybridized carbons (Fsp3) is 0.364. The first-order chi connectivity index (χ1) is 14.0. The molecule has 3 rings (SSSR count). The van der Waals surface area contributed by atoms with Gasteiger partial charge in [-0.1, -0.05) is 12.1 Å². The van der Waals surface area contributed by atoms with Crippen LogP contribution < -0.4 is 10.5 Å². The third-order valence-electron chi connectivity index (χ3n) is 5.00. The minimum Gasteiger partial charge on any atom is -0.490 e. The lowest BCUT2D eigenvalue weighted by Gasteiger charge is -2.38. The number of hydrogen-bond acceptors (Lipinski definition) is 4. The second-order valence-corrected chi connectivity index (χ2v) is 7.21. The van der Waals surface area contributed by atoms with Gasteiger partial charge in [0.25, 0.3) is 5.91 Å². The first kappa shape index (κ1) is 20.8. The summed E-state index contributed by atoms with van der Waals surface area (Å²) < 4.78 is 24.2. The van der Waals surface area contributed by atoms with Crippen molar-refractivity contribution in [3.05, 3.63) is 65.5 Å². The van der Waals surface area contributed by atoms with Gasteiger partial charge in [-0.15, -0.1) is 0 Å². The Morgan fingerprint density at radius 1 is 1.21 bits per heavy atom. The number of rotatable bonds is 7. The van der Waals surface area contributed by atoms with Crippen molar-refractivity contribution < 1.29 is 23.5 Å². The predicted molar refractivity (Wildman–Crippen MR) is 106 cm³/mol. The zero-order chi connectivity index (χ0) is 20.8. The van der Waals surface area contributed by atoms with Crippen LogP contribution in [0.5, 0.6) is 5.75 Å². The highest BCUT2D eigenvalue weighted by Gasteiger charge is 2.34. The molecule has 2 atom stereocenters. The van der Waals surface area contributed by atoms with Gasteiger partial charge in [0.1, 0.15) is 17.7 Å². The number of methoxy groups -OCH3 is 1. The SMILES string of the molecule is COCc1cccc(C(=O)N2CC[C@H](Oc3ccc(F)cc3)[C@@H](CC(N)=O)C2)c1. The number of amides is 2. The lowest BCUT2D eigenvalue weighted by atomic mass is 9.90. The molecule has 7 heteroatoms. The van der Waals surface area contributed by atoms with E-state index in [1.54, 1.807) is 30.2 Å². The first-order valence-electron chi connectivity index (χ1n) is 9.54. The van der Waals surface area contributed by atoms with Crippen LogP contribution in [0.1, 0.15) is 28.8 Å². The molecule has 2 aromatic carbocycles. The summed E-state index contributed by atoms with van der Waals surface area (Å²) in [7, 11) is 1.61. The van der Waals surface area contributed by atoms with Crippen LogP contribution in [0.4, 0.5) is 4.39 Å². The molecule has 0 spiro atoms. The molecule has 0 aromatic heterocycles. The molecular weight excluding hydrogens is 375 g/mol. The van der Waals surface area contributed by atoms with Crippen LogP contribution in [0, 0.1) is 11.7 Å². The van der Waals surface area contributed by atoms with Crippen molar-refractivity contribution in [2.75, 3.05) is 20.2 Å². The molecule has 2 aromatic rings. The van der Waals surface area contributed by atoms with E-state index >= 15 is 0 Å². The minimum atomic E-state index is -0.445. The van der Waals surface area contributed by atoms with Gasteiger partial charge in [-0.3, -0.25) is 9.59 Å². The standard InChI is InChI=1S/C22H25FN2O4/c1-28-14-15-3-2-4-16(11-15)22(27)25-10-9-20(17(13-25)12-21(24)26)29-19-7-5-18(23)6-8-19/h2-8,11,17,20H,9-10,12-14H2,1H3,(H2,24,26)/t17-,20-/m0/s1. The third kappa shape index (κ3) is 5.54. The summed E-state index contributed by atoms with van der Waals surface area (Å²) in [5.41, 5.74) is 6.92. The molecular formula is C22H25FN2O4. The second-order valence-electron chi connectivity index (χ2n) is 7.21. The van der Waals surface area contributed by atoms with Crippen molar-refractivity contribution in [2.45, 2.75) is 25.6 Å². The summed E-state index contributed by atoms with van der Waals surface area (Å²) in [5, 5.41) is 0. The number of likely N-dealkylation sites (tertiary alicyclic amines) is 1. The molecule has 0 saturated carbocycles. The van der Waals surface area contributed by atoms with Crippen molar-refractivity contribution in [1.82, 2.24) is 4.90 Å². The van der Waals surface area contributed by atoms with Gasteiger partial charge >= 0.3 is 0 Å². The van der Waals surface area contributed by atoms with Crippen LogP contribution in [-0.2, 0) is 16.1 Å². The van der Waals surface area contributed by atoms with Crippen LogP contribution in [0.25, 0.3) is 0 Å². The average molecular weight is 400 g/mol. The van der Waals surface area contributed by atoms with Gasteiger partial charge in [0, 0.05) is 44.5 Å². The van der Waals surface area contributed by atoms with Crippen LogP contribution in [0.15, 0.2) is 48.5 Å². The van der Waals surface area contributed by atoms with Crippen LogP contribution in [-0.4, -0.2) is 43.0 Å². The number of ether oxygens (including phenoxy) is 2. The molecule has 154 valence electrons. The number of primary amides is 1. The van der Waals surface area contributed by atoms with Crippen LogP contribution >= 0.6 is 0 Å². The number of nitrogens with two attached hydrogens (primary N) is 1. The third-order valence-corrected chi connectivity index (χ3v) is 5.00. The van der Waals surface area contributed by atoms with E-state index in [2.05, 4.69) is 0 Å². The number of carbonyl (C=O) groups is 2. The summed E-state index contributed by atoms with van der Waals surface area (Å²) in [6, 6.07) is 13.1. The number of halogens is 1. The van der Waals surface area contributed by atoms with Gasteiger partial charge in [0.15, 0.2) is 0 Å². The van der Waals surface area contributed by atoms with Gasteiger partial charge in [-0.2, -0.15) is 0 Å². The fourth-order valence-corrected chi connectivity index (χ4v) is 3.64. The Hall–Kier alpha value is -2.93. The van der Waals surface area contributed by atoms with Gasteiger partial charge in [-0.05, 0) is 42.0 Å². The van der Waals surface area contributed by atoms with Gasteiger partial charge < -0.3 is 20.1 Å². The molecule has 0 unspecified atom stereocenters. The van der Waals surface area contributed by atoms with E-state index in [9.17, 15) is 14.0 Å². The lowest BCUT2D eigenvalue weighted by Crippen LogP contribution is -2.49. The van der Waals surface area contributed by atoms with E-state index in [0.29, 0.717) is 37.4 Å². The quantitative estimate of drug-likeness (QED) is 0.775. The molecule has 0 radical (unpaired) electrons. The van der Waals surface area contributed by atoms with Crippen molar-refractivity contribution in [2.24, 2.45) is 11.7 Å². The Kier molecular flexibility index (Phi) is 6.82. The van der Waals surface area contributed by atoms with Gasteiger partial charge in [-0.25, -0.2) is 4.39 Å². The number of piperidine rings is 1. The Morgan fingerprint density at radius 3 is 2.66 bits per heavy atom. The minimum absolute atomic E-state index is 0.0994. The molecule has 0 aliphatic carbocycles. The van der Waals surface area contributed by atoms with E-state index < -0.39 is 5.91 Å². The molecule has 2 amide bonds. The smallest absolute Gasteiger partial charge is 0.253 e. The summed E-state index contributed by atoms with van der Waals surface area (Å²) in [6.07, 6.45) is 0.384. The highest BCUT2D eigenvalue weighted by molar-refractivity contribution is 5.94. The first-order valence-corrected chi connectivity index (χ1v) is 9.54. The van der Waals surface area contributed by atoms with Crippen molar-refractivity contribution >= 4 is 11.8 Å². The normalized spacial score (nSPS) is 19.0. The number of hydrogen-bond donors (Lipinski definition) is 1. The van der Waals surface area contributed by atoms with Crippen LogP contribution in [0.2, 0.25) is 0 Å². The Bertz CT molecular complexity index is 856. The fourth-order valence-electron chi connectivity index (χ4n) is 3.64. The number of nitrogens with zero attached hydrogens (tertiary/aromatic N) is 1. The summed E-state index contributed by atoms with van der Waals surface area (Å²) in [4.78, 5) is 26.3. The van der Waals surface area contributed by atoms with E-state index in [-0.39, 0.29) is 30.2 Å². The topological polar surface area (TPSA) is 81.9 Å². The zero-order valence-electron chi connectivity index (χ0n) is 16.3. The largest absolute Gasteiger partial charge is 0.490 e. The number of carbonyl (C=O) groups excluding carboxylic acids is 2. The average Bonchev–Trinajstić information content (AvgIpc) is 2.70. The molecule has 1 aliphatic heterocycles.